The van der Waals surface area contributed by atoms with Gasteiger partial charge in [-0.2, -0.15) is 0 Å². The molecule has 1 fully saturated rings. The number of nitrogens with one attached hydrogen (secondary N) is 1. The molecule has 0 aromatic carbocycles. The van der Waals surface area contributed by atoms with Crippen LogP contribution in [0.4, 0.5) is 0 Å². The maximum absolute atomic E-state index is 11.2. The van der Waals surface area contributed by atoms with Gasteiger partial charge in [-0.15, -0.1) is 0 Å². The van der Waals surface area contributed by atoms with Crippen LogP contribution in [0, 0.1) is 0 Å². The SMILES string of the molecule is CNC(C)CN1CC(=O)OCC1=O. The van der Waals surface area contributed by atoms with E-state index in [0.717, 1.165) is 0 Å². The Morgan fingerprint density at radius 3 is 2.92 bits per heavy atom. The summed E-state index contributed by atoms with van der Waals surface area (Å²) < 4.78 is 4.59. The van der Waals surface area contributed by atoms with Gasteiger partial charge < -0.3 is 15.0 Å². The zero-order valence-corrected chi connectivity index (χ0v) is 7.87. The number of ether oxygens (including phenoxy) is 1. The van der Waals surface area contributed by atoms with Gasteiger partial charge in [0, 0.05) is 12.6 Å². The minimum Gasteiger partial charge on any atom is -0.454 e. The van der Waals surface area contributed by atoms with Crippen LogP contribution in [0.1, 0.15) is 6.92 Å². The maximum Gasteiger partial charge on any atom is 0.326 e. The summed E-state index contributed by atoms with van der Waals surface area (Å²) in [5.74, 6) is -0.454. The number of esters is 1. The van der Waals surface area contributed by atoms with Gasteiger partial charge in [-0.25, -0.2) is 0 Å². The highest BCUT2D eigenvalue weighted by Crippen LogP contribution is 2.01. The minimum absolute atomic E-state index is 0.0743. The molecule has 5 nitrogen and oxygen atoms in total. The second-order valence-corrected chi connectivity index (χ2v) is 3.12. The van der Waals surface area contributed by atoms with Gasteiger partial charge >= 0.3 is 5.97 Å². The number of hydrogen-bond donors (Lipinski definition) is 1. The van der Waals surface area contributed by atoms with Crippen molar-refractivity contribution < 1.29 is 14.3 Å². The first-order valence-electron chi connectivity index (χ1n) is 4.24. The van der Waals surface area contributed by atoms with Gasteiger partial charge in [0.2, 0.25) is 0 Å². The Morgan fingerprint density at radius 2 is 2.31 bits per heavy atom. The average molecular weight is 186 g/mol. The molecule has 0 bridgehead atoms. The Labute approximate surface area is 77.0 Å². The summed E-state index contributed by atoms with van der Waals surface area (Å²) in [4.78, 5) is 23.6. The normalized spacial score (nSPS) is 20.0. The van der Waals surface area contributed by atoms with E-state index >= 15 is 0 Å². The summed E-state index contributed by atoms with van der Waals surface area (Å²) in [6.07, 6.45) is 0. The number of likely N-dealkylation sites (N-methyl/N-ethyl adjacent to an activating group) is 1. The first-order valence-corrected chi connectivity index (χ1v) is 4.24. The second kappa shape index (κ2) is 4.23. The topological polar surface area (TPSA) is 58.6 Å². The maximum atomic E-state index is 11.2. The van der Waals surface area contributed by atoms with Crippen LogP contribution in [0.15, 0.2) is 0 Å². The largest absolute Gasteiger partial charge is 0.454 e. The van der Waals surface area contributed by atoms with Crippen molar-refractivity contribution in [1.82, 2.24) is 10.2 Å². The van der Waals surface area contributed by atoms with Crippen molar-refractivity contribution in [3.8, 4) is 0 Å². The van der Waals surface area contributed by atoms with Gasteiger partial charge in [0.25, 0.3) is 5.91 Å². The van der Waals surface area contributed by atoms with E-state index in [1.807, 2.05) is 14.0 Å². The number of nitrogens with zero attached hydrogens (tertiary/aromatic N) is 1. The number of morpholine rings is 1. The zero-order chi connectivity index (χ0) is 9.84. The lowest BCUT2D eigenvalue weighted by molar-refractivity contribution is -0.162. The molecule has 13 heavy (non-hydrogen) atoms. The molecular weight excluding hydrogens is 172 g/mol. The summed E-state index contributed by atoms with van der Waals surface area (Å²) in [7, 11) is 1.82. The van der Waals surface area contributed by atoms with Crippen molar-refractivity contribution in [3.63, 3.8) is 0 Å². The zero-order valence-electron chi connectivity index (χ0n) is 7.87. The highest BCUT2D eigenvalue weighted by molar-refractivity contribution is 5.88. The molecule has 0 spiro atoms. The molecule has 1 amide bonds. The highest BCUT2D eigenvalue weighted by atomic mass is 16.5. The summed E-state index contributed by atoms with van der Waals surface area (Å²) in [6.45, 7) is 2.46. The first-order chi connectivity index (χ1) is 6.13. The van der Waals surface area contributed by atoms with Crippen LogP contribution >= 0.6 is 0 Å². The molecular formula is C8H14N2O3. The molecule has 0 saturated carbocycles. The van der Waals surface area contributed by atoms with Crippen LogP contribution in [0.5, 0.6) is 0 Å². The van der Waals surface area contributed by atoms with Crippen LogP contribution in [-0.4, -0.2) is 49.6 Å². The fourth-order valence-electron chi connectivity index (χ4n) is 1.11. The van der Waals surface area contributed by atoms with E-state index in [1.54, 1.807) is 0 Å². The third-order valence-electron chi connectivity index (χ3n) is 2.02. The predicted molar refractivity (Wildman–Crippen MR) is 46.1 cm³/mol. The van der Waals surface area contributed by atoms with E-state index in [0.29, 0.717) is 6.54 Å². The van der Waals surface area contributed by atoms with E-state index in [2.05, 4.69) is 10.1 Å². The van der Waals surface area contributed by atoms with Gasteiger partial charge in [0.15, 0.2) is 6.61 Å². The third kappa shape index (κ3) is 2.69. The van der Waals surface area contributed by atoms with Gasteiger partial charge in [-0.3, -0.25) is 9.59 Å². The number of rotatable bonds is 3. The lowest BCUT2D eigenvalue weighted by Gasteiger charge is -2.28. The lowest BCUT2D eigenvalue weighted by Crippen LogP contribution is -2.49. The second-order valence-electron chi connectivity index (χ2n) is 3.12. The molecule has 0 aromatic rings. The molecule has 1 aliphatic rings. The third-order valence-corrected chi connectivity index (χ3v) is 2.02. The number of cyclic esters (lactones) is 1. The monoisotopic (exact) mass is 186 g/mol. The summed E-state index contributed by atoms with van der Waals surface area (Å²) in [6, 6.07) is 0.190. The molecule has 74 valence electrons. The van der Waals surface area contributed by atoms with E-state index in [1.165, 1.54) is 4.90 Å². The number of carbonyl (C=O) groups is 2. The number of carbonyl (C=O) groups excluding carboxylic acids is 2. The number of amides is 1. The van der Waals surface area contributed by atoms with Gasteiger partial charge in [-0.1, -0.05) is 0 Å². The summed E-state index contributed by atoms with van der Waals surface area (Å²) >= 11 is 0. The van der Waals surface area contributed by atoms with Crippen LogP contribution in [0.3, 0.4) is 0 Å². The van der Waals surface area contributed by atoms with E-state index < -0.39 is 0 Å². The smallest absolute Gasteiger partial charge is 0.326 e. The van der Waals surface area contributed by atoms with Crippen LogP contribution in [0.2, 0.25) is 0 Å². The van der Waals surface area contributed by atoms with Crippen molar-refractivity contribution in [1.29, 1.82) is 0 Å². The molecule has 0 aliphatic carbocycles. The Hall–Kier alpha value is -1.10. The van der Waals surface area contributed by atoms with E-state index in [-0.39, 0.29) is 31.1 Å². The Kier molecular flexibility index (Phi) is 3.25. The molecule has 1 unspecified atom stereocenters. The fourth-order valence-corrected chi connectivity index (χ4v) is 1.11. The van der Waals surface area contributed by atoms with Crippen molar-refractivity contribution in [2.45, 2.75) is 13.0 Å². The van der Waals surface area contributed by atoms with Gasteiger partial charge in [0.1, 0.15) is 6.54 Å². The minimum atomic E-state index is -0.331. The van der Waals surface area contributed by atoms with Gasteiger partial charge in [-0.05, 0) is 14.0 Å². The fraction of sp³-hybridized carbons (Fsp3) is 0.750. The summed E-state index contributed by atoms with van der Waals surface area (Å²) in [5, 5.41) is 3.00. The predicted octanol–water partition coefficient (Wildman–Crippen LogP) is -1.02. The van der Waals surface area contributed by atoms with Crippen LogP contribution in [0.25, 0.3) is 0 Å². The van der Waals surface area contributed by atoms with Crippen LogP contribution < -0.4 is 5.32 Å². The van der Waals surface area contributed by atoms with E-state index in [9.17, 15) is 9.59 Å². The Balaban J connectivity index is 2.46. The molecule has 1 heterocycles. The van der Waals surface area contributed by atoms with Gasteiger partial charge in [0.05, 0.1) is 0 Å². The van der Waals surface area contributed by atoms with Crippen LogP contribution in [-0.2, 0) is 14.3 Å². The Morgan fingerprint density at radius 1 is 1.62 bits per heavy atom. The highest BCUT2D eigenvalue weighted by Gasteiger charge is 2.25. The standard InChI is InChI=1S/C8H14N2O3/c1-6(9-2)3-10-4-8(12)13-5-7(10)11/h6,9H,3-5H2,1-2H3. The molecule has 1 atom stereocenters. The summed E-state index contributed by atoms with van der Waals surface area (Å²) in [5.41, 5.74) is 0. The first kappa shape index (κ1) is 9.98. The Bertz CT molecular complexity index is 217. The van der Waals surface area contributed by atoms with Crippen molar-refractivity contribution in [3.05, 3.63) is 0 Å². The van der Waals surface area contributed by atoms with E-state index in [4.69, 9.17) is 0 Å². The molecule has 1 saturated heterocycles. The van der Waals surface area contributed by atoms with Crippen molar-refractivity contribution >= 4 is 11.9 Å². The molecule has 1 aliphatic heterocycles. The quantitative estimate of drug-likeness (QED) is 0.573. The molecule has 0 aromatic heterocycles. The van der Waals surface area contributed by atoms with Crippen molar-refractivity contribution in [2.75, 3.05) is 26.7 Å². The molecule has 1 rings (SSSR count). The number of hydrogen-bond acceptors (Lipinski definition) is 4. The molecule has 5 heteroatoms. The lowest BCUT2D eigenvalue weighted by atomic mass is 10.3. The average Bonchev–Trinajstić information content (AvgIpc) is 2.11. The van der Waals surface area contributed by atoms with Crippen molar-refractivity contribution in [2.24, 2.45) is 0 Å². The molecule has 0 radical (unpaired) electrons. The molecule has 1 N–H and O–H groups in total.